The van der Waals surface area contributed by atoms with Crippen molar-refractivity contribution in [3.8, 4) is 0 Å². The van der Waals surface area contributed by atoms with Gasteiger partial charge in [0.05, 0.1) is 0 Å². The SMILES string of the molecule is CC/C=C\C/C=C\C/C=C\C/C=C\C/C=C\C/C=C\C/C=C\C/C=C\CCCCCCC(=O)OCC(COC(=O)CCCCCCCCCCCC)OC(=O)CCCCC/C=C\C/C=C\C/C=C\CC. The molecule has 70 heavy (non-hydrogen) atoms. The van der Waals surface area contributed by atoms with Gasteiger partial charge in [-0.2, -0.15) is 0 Å². The Morgan fingerprint density at radius 3 is 0.886 bits per heavy atom. The average molecular weight is 968 g/mol. The fourth-order valence-corrected chi connectivity index (χ4v) is 7.24. The molecule has 0 saturated carbocycles. The molecule has 0 rings (SSSR count). The molecular formula is C64H102O6. The molecule has 6 nitrogen and oxygen atoms in total. The molecular weight excluding hydrogens is 865 g/mol. The first kappa shape index (κ1) is 65.5. The summed E-state index contributed by atoms with van der Waals surface area (Å²) in [5.41, 5.74) is 0. The molecule has 0 aromatic carbocycles. The van der Waals surface area contributed by atoms with Crippen LogP contribution < -0.4 is 0 Å². The Morgan fingerprint density at radius 2 is 0.557 bits per heavy atom. The summed E-state index contributed by atoms with van der Waals surface area (Å²) >= 11 is 0. The van der Waals surface area contributed by atoms with Crippen LogP contribution in [0, 0.1) is 0 Å². The highest BCUT2D eigenvalue weighted by Gasteiger charge is 2.19. The molecule has 0 spiro atoms. The molecule has 0 N–H and O–H groups in total. The second kappa shape index (κ2) is 57.1. The summed E-state index contributed by atoms with van der Waals surface area (Å²) in [4.78, 5) is 38.0. The van der Waals surface area contributed by atoms with E-state index in [1.165, 1.54) is 44.9 Å². The van der Waals surface area contributed by atoms with Crippen LogP contribution in [-0.2, 0) is 28.6 Å². The molecule has 0 saturated heterocycles. The quantitative estimate of drug-likeness (QED) is 0.0262. The van der Waals surface area contributed by atoms with E-state index in [9.17, 15) is 14.4 Å². The first-order valence-corrected chi connectivity index (χ1v) is 28.2. The van der Waals surface area contributed by atoms with Crippen molar-refractivity contribution in [1.29, 1.82) is 0 Å². The summed E-state index contributed by atoms with van der Waals surface area (Å²) in [6.45, 7) is 6.33. The smallest absolute Gasteiger partial charge is 0.306 e. The normalized spacial score (nSPS) is 13.1. The van der Waals surface area contributed by atoms with Crippen LogP contribution in [0.25, 0.3) is 0 Å². The minimum absolute atomic E-state index is 0.101. The third-order valence-corrected chi connectivity index (χ3v) is 11.4. The van der Waals surface area contributed by atoms with Gasteiger partial charge in [-0.3, -0.25) is 14.4 Å². The van der Waals surface area contributed by atoms with E-state index in [0.29, 0.717) is 12.8 Å². The lowest BCUT2D eigenvalue weighted by atomic mass is 10.1. The van der Waals surface area contributed by atoms with Crippen LogP contribution in [0.2, 0.25) is 0 Å². The van der Waals surface area contributed by atoms with Crippen molar-refractivity contribution in [2.45, 2.75) is 239 Å². The zero-order valence-electron chi connectivity index (χ0n) is 45.0. The van der Waals surface area contributed by atoms with Crippen LogP contribution in [0.1, 0.15) is 233 Å². The summed E-state index contributed by atoms with van der Waals surface area (Å²) in [6.07, 6.45) is 80.2. The molecule has 1 atom stereocenters. The maximum Gasteiger partial charge on any atom is 0.306 e. The number of unbranched alkanes of at least 4 members (excludes halogenated alkanes) is 16. The van der Waals surface area contributed by atoms with E-state index in [1.54, 1.807) is 0 Å². The lowest BCUT2D eigenvalue weighted by Crippen LogP contribution is -2.30. The van der Waals surface area contributed by atoms with Gasteiger partial charge in [0, 0.05) is 19.3 Å². The number of hydrogen-bond donors (Lipinski definition) is 0. The maximum absolute atomic E-state index is 12.8. The molecule has 0 bridgehead atoms. The Morgan fingerprint density at radius 1 is 0.300 bits per heavy atom. The highest BCUT2D eigenvalue weighted by Crippen LogP contribution is 2.13. The number of esters is 3. The third-order valence-electron chi connectivity index (χ3n) is 11.4. The summed E-state index contributed by atoms with van der Waals surface area (Å²) in [5, 5.41) is 0. The standard InChI is InChI=1S/C64H102O6/c1-4-7-10-13-16-19-22-24-25-26-27-28-29-30-31-32-33-34-35-36-37-38-39-41-42-45-48-51-54-57-63(66)69-60-61(59-68-62(65)56-53-50-47-44-21-18-15-12-9-6-3)70-64(67)58-55-52-49-46-43-40-23-20-17-14-11-8-5-2/h7-8,10-11,16-17,19-20,24-25,27-28,30-31,33-34,36-37,39-41,43,61H,4-6,9,12-15,18,21-23,26,29,32,35,38,42,44-60H2,1-3H3/b10-7-,11-8-,19-16-,20-17-,25-24-,28-27-,31-30-,34-33-,37-36-,41-39-,43-40-. The van der Waals surface area contributed by atoms with Crippen LogP contribution in [-0.4, -0.2) is 37.2 Å². The van der Waals surface area contributed by atoms with Gasteiger partial charge in [-0.25, -0.2) is 0 Å². The van der Waals surface area contributed by atoms with Crippen molar-refractivity contribution in [2.24, 2.45) is 0 Å². The predicted octanol–water partition coefficient (Wildman–Crippen LogP) is 19.0. The van der Waals surface area contributed by atoms with Crippen molar-refractivity contribution in [3.05, 3.63) is 134 Å². The summed E-state index contributed by atoms with van der Waals surface area (Å²) in [7, 11) is 0. The molecule has 6 heteroatoms. The number of hydrogen-bond acceptors (Lipinski definition) is 6. The molecule has 0 amide bonds. The van der Waals surface area contributed by atoms with Gasteiger partial charge in [-0.1, -0.05) is 231 Å². The van der Waals surface area contributed by atoms with E-state index in [2.05, 4.69) is 154 Å². The summed E-state index contributed by atoms with van der Waals surface area (Å²) < 4.78 is 16.7. The van der Waals surface area contributed by atoms with Gasteiger partial charge in [-0.05, 0) is 116 Å². The van der Waals surface area contributed by atoms with Gasteiger partial charge >= 0.3 is 17.9 Å². The van der Waals surface area contributed by atoms with Gasteiger partial charge < -0.3 is 14.2 Å². The largest absolute Gasteiger partial charge is 0.462 e. The van der Waals surface area contributed by atoms with E-state index in [-0.39, 0.29) is 37.5 Å². The first-order valence-electron chi connectivity index (χ1n) is 28.2. The molecule has 0 heterocycles. The van der Waals surface area contributed by atoms with E-state index in [0.717, 1.165) is 148 Å². The van der Waals surface area contributed by atoms with Crippen LogP contribution in [0.15, 0.2) is 134 Å². The van der Waals surface area contributed by atoms with Crippen LogP contribution >= 0.6 is 0 Å². The zero-order valence-corrected chi connectivity index (χ0v) is 45.0. The monoisotopic (exact) mass is 967 g/mol. The maximum atomic E-state index is 12.8. The predicted molar refractivity (Wildman–Crippen MR) is 302 cm³/mol. The van der Waals surface area contributed by atoms with Crippen molar-refractivity contribution in [1.82, 2.24) is 0 Å². The Labute approximate surface area is 430 Å². The molecule has 394 valence electrons. The fourth-order valence-electron chi connectivity index (χ4n) is 7.24. The molecule has 1 unspecified atom stereocenters. The van der Waals surface area contributed by atoms with Crippen LogP contribution in [0.4, 0.5) is 0 Å². The molecule has 0 aliphatic rings. The second-order valence-electron chi connectivity index (χ2n) is 18.1. The second-order valence-corrected chi connectivity index (χ2v) is 18.1. The minimum atomic E-state index is -0.806. The number of carbonyl (C=O) groups excluding carboxylic acids is 3. The number of allylic oxidation sites excluding steroid dienone is 22. The van der Waals surface area contributed by atoms with E-state index in [1.807, 2.05) is 0 Å². The Kier molecular flexibility index (Phi) is 53.5. The molecule has 0 radical (unpaired) electrons. The van der Waals surface area contributed by atoms with Gasteiger partial charge in [0.15, 0.2) is 6.10 Å². The van der Waals surface area contributed by atoms with Crippen molar-refractivity contribution < 1.29 is 28.6 Å². The van der Waals surface area contributed by atoms with Gasteiger partial charge in [0.1, 0.15) is 13.2 Å². The third kappa shape index (κ3) is 54.5. The Hall–Kier alpha value is -4.45. The molecule has 0 aromatic rings. The number of rotatable bonds is 49. The molecule has 0 aliphatic heterocycles. The molecule has 0 fully saturated rings. The molecule has 0 aromatic heterocycles. The highest BCUT2D eigenvalue weighted by atomic mass is 16.6. The summed E-state index contributed by atoms with van der Waals surface area (Å²) in [5.74, 6) is -0.965. The zero-order chi connectivity index (χ0) is 50.7. The van der Waals surface area contributed by atoms with Crippen LogP contribution in [0.3, 0.4) is 0 Å². The fraction of sp³-hybridized carbons (Fsp3) is 0.609. The summed E-state index contributed by atoms with van der Waals surface area (Å²) in [6, 6.07) is 0. The van der Waals surface area contributed by atoms with Crippen molar-refractivity contribution in [2.75, 3.05) is 13.2 Å². The number of carbonyl (C=O) groups is 3. The van der Waals surface area contributed by atoms with Crippen molar-refractivity contribution in [3.63, 3.8) is 0 Å². The van der Waals surface area contributed by atoms with E-state index in [4.69, 9.17) is 14.2 Å². The van der Waals surface area contributed by atoms with Crippen LogP contribution in [0.5, 0.6) is 0 Å². The number of ether oxygens (including phenoxy) is 3. The lowest BCUT2D eigenvalue weighted by molar-refractivity contribution is -0.167. The highest BCUT2D eigenvalue weighted by molar-refractivity contribution is 5.71. The van der Waals surface area contributed by atoms with Gasteiger partial charge in [-0.15, -0.1) is 0 Å². The van der Waals surface area contributed by atoms with E-state index < -0.39 is 6.10 Å². The van der Waals surface area contributed by atoms with Crippen molar-refractivity contribution >= 4 is 17.9 Å². The molecule has 0 aliphatic carbocycles. The minimum Gasteiger partial charge on any atom is -0.462 e. The Bertz CT molecular complexity index is 1530. The van der Waals surface area contributed by atoms with E-state index >= 15 is 0 Å². The average Bonchev–Trinajstić information content (AvgIpc) is 3.36. The lowest BCUT2D eigenvalue weighted by Gasteiger charge is -2.18. The van der Waals surface area contributed by atoms with Gasteiger partial charge in [0.2, 0.25) is 0 Å². The topological polar surface area (TPSA) is 78.9 Å². The van der Waals surface area contributed by atoms with Gasteiger partial charge in [0.25, 0.3) is 0 Å². The first-order chi connectivity index (χ1) is 34.5. The Balaban J connectivity index is 4.34.